The molecule has 1 unspecified atom stereocenters. The molecule has 2 amide bonds. The monoisotopic (exact) mass is 330 g/mol. The molecule has 0 aliphatic carbocycles. The quantitative estimate of drug-likeness (QED) is 0.934. The van der Waals surface area contributed by atoms with E-state index in [0.717, 1.165) is 29.9 Å². The van der Waals surface area contributed by atoms with Gasteiger partial charge in [0.25, 0.3) is 5.91 Å². The molecule has 0 bridgehead atoms. The van der Waals surface area contributed by atoms with Crippen LogP contribution in [0.3, 0.4) is 0 Å². The molecule has 1 fully saturated rings. The minimum absolute atomic E-state index is 0.0895. The van der Waals surface area contributed by atoms with E-state index in [0.29, 0.717) is 24.6 Å². The standard InChI is InChI=1S/C18H22N2O4/c1-11-9-12(2)23-17(11)18(22)20-8-4-5-15(20)16-7-6-14(24-16)10-19-13(3)21/h6-7,9,15H,4-5,8,10H2,1-3H3,(H,19,21). The minimum Gasteiger partial charge on any atom is -0.462 e. The number of amides is 2. The van der Waals surface area contributed by atoms with Gasteiger partial charge < -0.3 is 19.1 Å². The van der Waals surface area contributed by atoms with E-state index in [2.05, 4.69) is 5.32 Å². The van der Waals surface area contributed by atoms with Gasteiger partial charge in [0.1, 0.15) is 17.3 Å². The number of hydrogen-bond donors (Lipinski definition) is 1. The number of nitrogens with zero attached hydrogens (tertiary/aromatic N) is 1. The van der Waals surface area contributed by atoms with E-state index in [4.69, 9.17) is 8.83 Å². The van der Waals surface area contributed by atoms with Gasteiger partial charge in [-0.2, -0.15) is 0 Å². The van der Waals surface area contributed by atoms with Crippen LogP contribution in [0.5, 0.6) is 0 Å². The van der Waals surface area contributed by atoms with E-state index in [-0.39, 0.29) is 17.9 Å². The van der Waals surface area contributed by atoms with Gasteiger partial charge in [-0.25, -0.2) is 0 Å². The topological polar surface area (TPSA) is 75.7 Å². The largest absolute Gasteiger partial charge is 0.462 e. The number of nitrogens with one attached hydrogen (secondary N) is 1. The number of aryl methyl sites for hydroxylation is 2. The van der Waals surface area contributed by atoms with Crippen molar-refractivity contribution in [2.75, 3.05) is 6.54 Å². The van der Waals surface area contributed by atoms with Gasteiger partial charge in [0.05, 0.1) is 12.6 Å². The van der Waals surface area contributed by atoms with Gasteiger partial charge in [0.2, 0.25) is 5.91 Å². The fourth-order valence-corrected chi connectivity index (χ4v) is 3.17. The zero-order chi connectivity index (χ0) is 17.3. The van der Waals surface area contributed by atoms with Crippen LogP contribution in [0.1, 0.15) is 59.2 Å². The highest BCUT2D eigenvalue weighted by atomic mass is 16.4. The molecule has 1 aliphatic rings. The molecule has 6 heteroatoms. The molecule has 0 aromatic carbocycles. The van der Waals surface area contributed by atoms with E-state index in [9.17, 15) is 9.59 Å². The normalized spacial score (nSPS) is 17.3. The molecule has 0 radical (unpaired) electrons. The SMILES string of the molecule is CC(=O)NCc1ccc(C2CCCN2C(=O)c2oc(C)cc2C)o1. The van der Waals surface area contributed by atoms with Crippen LogP contribution in [-0.4, -0.2) is 23.3 Å². The highest BCUT2D eigenvalue weighted by molar-refractivity contribution is 5.93. The van der Waals surface area contributed by atoms with Crippen LogP contribution in [0.15, 0.2) is 27.0 Å². The molecule has 128 valence electrons. The molecule has 3 heterocycles. The minimum atomic E-state index is -0.103. The lowest BCUT2D eigenvalue weighted by Crippen LogP contribution is -2.30. The summed E-state index contributed by atoms with van der Waals surface area (Å²) >= 11 is 0. The molecule has 0 saturated carbocycles. The average Bonchev–Trinajstić information content (AvgIpc) is 3.23. The predicted molar refractivity (Wildman–Crippen MR) is 87.4 cm³/mol. The molecule has 1 saturated heterocycles. The summed E-state index contributed by atoms with van der Waals surface area (Å²) in [5.74, 6) is 2.38. The number of hydrogen-bond acceptors (Lipinski definition) is 4. The summed E-state index contributed by atoms with van der Waals surface area (Å²) in [5, 5.41) is 2.71. The van der Waals surface area contributed by atoms with Crippen molar-refractivity contribution in [1.82, 2.24) is 10.2 Å². The zero-order valence-corrected chi connectivity index (χ0v) is 14.2. The first-order valence-electron chi connectivity index (χ1n) is 8.16. The lowest BCUT2D eigenvalue weighted by Gasteiger charge is -2.22. The van der Waals surface area contributed by atoms with Crippen molar-refractivity contribution in [2.24, 2.45) is 0 Å². The summed E-state index contributed by atoms with van der Waals surface area (Å²) in [6.07, 6.45) is 1.79. The predicted octanol–water partition coefficient (Wildman–Crippen LogP) is 3.10. The Labute approximate surface area is 140 Å². The van der Waals surface area contributed by atoms with Gasteiger partial charge in [0, 0.05) is 19.0 Å². The first-order valence-corrected chi connectivity index (χ1v) is 8.16. The Bertz CT molecular complexity index is 759. The molecule has 6 nitrogen and oxygen atoms in total. The Hall–Kier alpha value is -2.50. The summed E-state index contributed by atoms with van der Waals surface area (Å²) in [6, 6.07) is 5.51. The van der Waals surface area contributed by atoms with Gasteiger partial charge in [-0.05, 0) is 44.9 Å². The van der Waals surface area contributed by atoms with Gasteiger partial charge in [-0.3, -0.25) is 9.59 Å². The van der Waals surface area contributed by atoms with Gasteiger partial charge >= 0.3 is 0 Å². The molecule has 2 aromatic heterocycles. The third kappa shape index (κ3) is 3.22. The zero-order valence-electron chi connectivity index (χ0n) is 14.2. The molecule has 24 heavy (non-hydrogen) atoms. The van der Waals surface area contributed by atoms with Gasteiger partial charge in [-0.1, -0.05) is 0 Å². The molecular formula is C18H22N2O4. The van der Waals surface area contributed by atoms with Crippen LogP contribution in [0.4, 0.5) is 0 Å². The van der Waals surface area contributed by atoms with E-state index >= 15 is 0 Å². The van der Waals surface area contributed by atoms with Crippen LogP contribution < -0.4 is 5.32 Å². The Morgan fingerprint density at radius 1 is 1.29 bits per heavy atom. The van der Waals surface area contributed by atoms with Crippen LogP contribution in [0, 0.1) is 13.8 Å². The maximum Gasteiger partial charge on any atom is 0.290 e. The van der Waals surface area contributed by atoms with Crippen LogP contribution in [-0.2, 0) is 11.3 Å². The lowest BCUT2D eigenvalue weighted by atomic mass is 10.1. The van der Waals surface area contributed by atoms with Crippen molar-refractivity contribution in [3.05, 3.63) is 46.8 Å². The second-order valence-electron chi connectivity index (χ2n) is 6.24. The van der Waals surface area contributed by atoms with Crippen LogP contribution in [0.25, 0.3) is 0 Å². The fourth-order valence-electron chi connectivity index (χ4n) is 3.17. The number of furan rings is 2. The van der Waals surface area contributed by atoms with Gasteiger partial charge in [0.15, 0.2) is 5.76 Å². The molecule has 1 aliphatic heterocycles. The van der Waals surface area contributed by atoms with Crippen LogP contribution >= 0.6 is 0 Å². The summed E-state index contributed by atoms with van der Waals surface area (Å²) in [6.45, 7) is 6.23. The fraction of sp³-hybridized carbons (Fsp3) is 0.444. The second-order valence-corrected chi connectivity index (χ2v) is 6.24. The van der Waals surface area contributed by atoms with Crippen molar-refractivity contribution in [3.63, 3.8) is 0 Å². The Balaban J connectivity index is 1.77. The Kier molecular flexibility index (Phi) is 4.46. The van der Waals surface area contributed by atoms with Crippen molar-refractivity contribution < 1.29 is 18.4 Å². The first-order chi connectivity index (χ1) is 11.5. The maximum absolute atomic E-state index is 12.8. The Morgan fingerprint density at radius 2 is 2.08 bits per heavy atom. The highest BCUT2D eigenvalue weighted by Crippen LogP contribution is 2.34. The lowest BCUT2D eigenvalue weighted by molar-refractivity contribution is -0.119. The Morgan fingerprint density at radius 3 is 2.75 bits per heavy atom. The molecule has 1 atom stereocenters. The number of rotatable bonds is 4. The highest BCUT2D eigenvalue weighted by Gasteiger charge is 2.34. The molecular weight excluding hydrogens is 308 g/mol. The average molecular weight is 330 g/mol. The van der Waals surface area contributed by atoms with Crippen LogP contribution in [0.2, 0.25) is 0 Å². The van der Waals surface area contributed by atoms with Crippen molar-refractivity contribution in [3.8, 4) is 0 Å². The summed E-state index contributed by atoms with van der Waals surface area (Å²) in [4.78, 5) is 25.6. The smallest absolute Gasteiger partial charge is 0.290 e. The summed E-state index contributed by atoms with van der Waals surface area (Å²) in [5.41, 5.74) is 0.856. The number of carbonyl (C=O) groups excluding carboxylic acids is 2. The van der Waals surface area contributed by atoms with E-state index in [1.54, 1.807) is 0 Å². The molecule has 1 N–H and O–H groups in total. The molecule has 2 aromatic rings. The first kappa shape index (κ1) is 16.4. The van der Waals surface area contributed by atoms with Gasteiger partial charge in [-0.15, -0.1) is 0 Å². The van der Waals surface area contributed by atoms with E-state index in [1.807, 2.05) is 36.9 Å². The van der Waals surface area contributed by atoms with E-state index in [1.165, 1.54) is 6.92 Å². The third-order valence-corrected chi connectivity index (χ3v) is 4.27. The van der Waals surface area contributed by atoms with Crippen molar-refractivity contribution in [1.29, 1.82) is 0 Å². The molecule has 3 rings (SSSR count). The third-order valence-electron chi connectivity index (χ3n) is 4.27. The summed E-state index contributed by atoms with van der Waals surface area (Å²) in [7, 11) is 0. The van der Waals surface area contributed by atoms with Crippen molar-refractivity contribution in [2.45, 2.75) is 46.2 Å². The number of carbonyl (C=O) groups is 2. The van der Waals surface area contributed by atoms with E-state index < -0.39 is 0 Å². The number of likely N-dealkylation sites (tertiary alicyclic amines) is 1. The molecule has 0 spiro atoms. The van der Waals surface area contributed by atoms with Crippen molar-refractivity contribution >= 4 is 11.8 Å². The summed E-state index contributed by atoms with van der Waals surface area (Å²) < 4.78 is 11.4. The maximum atomic E-state index is 12.8. The second kappa shape index (κ2) is 6.55.